The van der Waals surface area contributed by atoms with Crippen LogP contribution >= 0.6 is 0 Å². The first-order valence-corrected chi connectivity index (χ1v) is 3.79. The molecule has 0 saturated heterocycles. The van der Waals surface area contributed by atoms with Gasteiger partial charge >= 0.3 is 0 Å². The van der Waals surface area contributed by atoms with Crippen molar-refractivity contribution in [2.75, 3.05) is 0 Å². The van der Waals surface area contributed by atoms with Crippen molar-refractivity contribution in [1.29, 1.82) is 5.26 Å². The minimum absolute atomic E-state index is 0.131. The van der Waals surface area contributed by atoms with Crippen molar-refractivity contribution in [2.45, 2.75) is 0 Å². The molecule has 2 aromatic heterocycles. The summed E-state index contributed by atoms with van der Waals surface area (Å²) in [5.74, 6) is -0.551. The van der Waals surface area contributed by atoms with Gasteiger partial charge in [-0.25, -0.2) is 8.91 Å². The fourth-order valence-corrected chi connectivity index (χ4v) is 1.23. The zero-order valence-corrected chi connectivity index (χ0v) is 6.94. The van der Waals surface area contributed by atoms with Crippen LogP contribution in [0, 0.1) is 17.1 Å². The average molecular weight is 189 g/mol. The number of nitriles is 1. The second kappa shape index (κ2) is 2.92. The molecule has 14 heavy (non-hydrogen) atoms. The third-order valence-electron chi connectivity index (χ3n) is 1.85. The summed E-state index contributed by atoms with van der Waals surface area (Å²) >= 11 is 0. The molecule has 68 valence electrons. The highest BCUT2D eigenvalue weighted by Crippen LogP contribution is 2.13. The summed E-state index contributed by atoms with van der Waals surface area (Å²) in [5, 5.41) is 12.4. The molecule has 0 bridgehead atoms. The Balaban J connectivity index is 2.91. The third kappa shape index (κ3) is 1.05. The van der Waals surface area contributed by atoms with Gasteiger partial charge in [-0.1, -0.05) is 0 Å². The maximum atomic E-state index is 13.1. The van der Waals surface area contributed by atoms with E-state index in [0.717, 1.165) is 10.7 Å². The van der Waals surface area contributed by atoms with E-state index in [1.807, 2.05) is 6.07 Å². The summed E-state index contributed by atoms with van der Waals surface area (Å²) in [5.41, 5.74) is 0.521. The number of fused-ring (bicyclic) bond motifs is 1. The van der Waals surface area contributed by atoms with Crippen molar-refractivity contribution >= 4 is 11.8 Å². The molecule has 0 amide bonds. The number of aromatic nitrogens is 2. The van der Waals surface area contributed by atoms with Gasteiger partial charge in [0.1, 0.15) is 23.6 Å². The standard InChI is InChI=1S/C9H4FN3O/c10-8-4-12-13-7(3-11)1-6(5-14)2-9(8)13/h1-2,4-5H. The van der Waals surface area contributed by atoms with Crippen LogP contribution in [0.1, 0.15) is 16.1 Å². The minimum atomic E-state index is -0.551. The maximum Gasteiger partial charge on any atom is 0.168 e. The zero-order chi connectivity index (χ0) is 10.1. The number of hydrogen-bond donors (Lipinski definition) is 0. The van der Waals surface area contributed by atoms with Crippen LogP contribution < -0.4 is 0 Å². The van der Waals surface area contributed by atoms with Gasteiger partial charge in [-0.2, -0.15) is 10.4 Å². The van der Waals surface area contributed by atoms with Gasteiger partial charge in [0.25, 0.3) is 0 Å². The minimum Gasteiger partial charge on any atom is -0.298 e. The Labute approximate surface area is 78.2 Å². The zero-order valence-electron chi connectivity index (χ0n) is 6.94. The summed E-state index contributed by atoms with van der Waals surface area (Å²) in [7, 11) is 0. The number of pyridine rings is 1. The lowest BCUT2D eigenvalue weighted by atomic mass is 10.2. The molecule has 0 aliphatic rings. The SMILES string of the molecule is N#Cc1cc(C=O)cc2c(F)cnn12. The highest BCUT2D eigenvalue weighted by Gasteiger charge is 2.08. The van der Waals surface area contributed by atoms with Crippen LogP contribution in [-0.4, -0.2) is 15.9 Å². The lowest BCUT2D eigenvalue weighted by molar-refractivity contribution is 0.112. The van der Waals surface area contributed by atoms with E-state index in [1.165, 1.54) is 12.1 Å². The molecule has 0 saturated carbocycles. The van der Waals surface area contributed by atoms with E-state index in [4.69, 9.17) is 5.26 Å². The molecule has 0 spiro atoms. The molecule has 0 aliphatic heterocycles. The summed E-state index contributed by atoms with van der Waals surface area (Å²) in [4.78, 5) is 10.5. The predicted molar refractivity (Wildman–Crippen MR) is 45.3 cm³/mol. The van der Waals surface area contributed by atoms with Gasteiger partial charge in [0.15, 0.2) is 5.82 Å². The Bertz CT molecular complexity index is 553. The molecule has 2 heterocycles. The van der Waals surface area contributed by atoms with Crippen LogP contribution in [0.5, 0.6) is 0 Å². The first-order valence-electron chi connectivity index (χ1n) is 3.79. The highest BCUT2D eigenvalue weighted by molar-refractivity contribution is 5.78. The van der Waals surface area contributed by atoms with E-state index in [2.05, 4.69) is 5.10 Å². The van der Waals surface area contributed by atoms with Gasteiger partial charge in [-0.05, 0) is 12.1 Å². The monoisotopic (exact) mass is 189 g/mol. The molecule has 0 fully saturated rings. The van der Waals surface area contributed by atoms with Gasteiger partial charge in [0, 0.05) is 5.56 Å². The summed E-state index contributed by atoms with van der Waals surface area (Å²) in [6, 6.07) is 4.53. The Morgan fingerprint density at radius 2 is 2.36 bits per heavy atom. The number of halogens is 1. The van der Waals surface area contributed by atoms with Crippen molar-refractivity contribution in [3.63, 3.8) is 0 Å². The molecular weight excluding hydrogens is 185 g/mol. The van der Waals surface area contributed by atoms with Crippen molar-refractivity contribution < 1.29 is 9.18 Å². The van der Waals surface area contributed by atoms with Crippen LogP contribution in [0.3, 0.4) is 0 Å². The van der Waals surface area contributed by atoms with Crippen LogP contribution in [0.2, 0.25) is 0 Å². The Kier molecular flexibility index (Phi) is 1.75. The van der Waals surface area contributed by atoms with E-state index in [0.29, 0.717) is 6.29 Å². The molecule has 0 radical (unpaired) electrons. The normalized spacial score (nSPS) is 10.0. The maximum absolute atomic E-state index is 13.1. The number of carbonyl (C=O) groups is 1. The molecule has 5 heteroatoms. The van der Waals surface area contributed by atoms with Gasteiger partial charge < -0.3 is 0 Å². The lowest BCUT2D eigenvalue weighted by Crippen LogP contribution is -1.96. The number of nitrogens with zero attached hydrogens (tertiary/aromatic N) is 3. The average Bonchev–Trinajstić information content (AvgIpc) is 2.59. The number of carbonyl (C=O) groups excluding carboxylic acids is 1. The Hall–Kier alpha value is -2.22. The Morgan fingerprint density at radius 3 is 3.00 bits per heavy atom. The van der Waals surface area contributed by atoms with Gasteiger partial charge in [-0.15, -0.1) is 0 Å². The molecule has 0 aliphatic carbocycles. The van der Waals surface area contributed by atoms with Crippen LogP contribution in [-0.2, 0) is 0 Å². The van der Waals surface area contributed by atoms with E-state index >= 15 is 0 Å². The van der Waals surface area contributed by atoms with Crippen molar-refractivity contribution in [1.82, 2.24) is 9.61 Å². The van der Waals surface area contributed by atoms with Crippen molar-refractivity contribution in [2.24, 2.45) is 0 Å². The molecular formula is C9H4FN3O. The first kappa shape index (κ1) is 8.38. The number of aldehydes is 1. The molecule has 2 aromatic rings. The molecule has 4 nitrogen and oxygen atoms in total. The van der Waals surface area contributed by atoms with Gasteiger partial charge in [0.05, 0.1) is 6.20 Å². The van der Waals surface area contributed by atoms with Gasteiger partial charge in [-0.3, -0.25) is 4.79 Å². The second-order valence-corrected chi connectivity index (χ2v) is 2.69. The first-order chi connectivity index (χ1) is 6.76. The Morgan fingerprint density at radius 1 is 1.57 bits per heavy atom. The van der Waals surface area contributed by atoms with Crippen molar-refractivity contribution in [3.05, 3.63) is 35.4 Å². The highest BCUT2D eigenvalue weighted by atomic mass is 19.1. The van der Waals surface area contributed by atoms with E-state index in [1.54, 1.807) is 0 Å². The summed E-state index contributed by atoms with van der Waals surface area (Å²) < 4.78 is 14.2. The van der Waals surface area contributed by atoms with Crippen LogP contribution in [0.15, 0.2) is 18.3 Å². The smallest absolute Gasteiger partial charge is 0.168 e. The van der Waals surface area contributed by atoms with E-state index in [9.17, 15) is 9.18 Å². The molecule has 0 unspecified atom stereocenters. The topological polar surface area (TPSA) is 58.2 Å². The fourth-order valence-electron chi connectivity index (χ4n) is 1.23. The number of rotatable bonds is 1. The fraction of sp³-hybridized carbons (Fsp3) is 0. The second-order valence-electron chi connectivity index (χ2n) is 2.69. The summed E-state index contributed by atoms with van der Waals surface area (Å²) in [6.07, 6.45) is 1.57. The molecule has 0 atom stereocenters. The largest absolute Gasteiger partial charge is 0.298 e. The van der Waals surface area contributed by atoms with E-state index in [-0.39, 0.29) is 16.8 Å². The number of hydrogen-bond acceptors (Lipinski definition) is 3. The molecule has 2 rings (SSSR count). The van der Waals surface area contributed by atoms with Gasteiger partial charge in [0.2, 0.25) is 0 Å². The molecule has 0 N–H and O–H groups in total. The lowest BCUT2D eigenvalue weighted by Gasteiger charge is -1.97. The van der Waals surface area contributed by atoms with Crippen molar-refractivity contribution in [3.8, 4) is 6.07 Å². The quantitative estimate of drug-likeness (QED) is 0.632. The van der Waals surface area contributed by atoms with Crippen LogP contribution in [0.25, 0.3) is 5.52 Å². The third-order valence-corrected chi connectivity index (χ3v) is 1.85. The predicted octanol–water partition coefficient (Wildman–Crippen LogP) is 1.16. The van der Waals surface area contributed by atoms with E-state index < -0.39 is 5.82 Å². The summed E-state index contributed by atoms with van der Waals surface area (Å²) in [6.45, 7) is 0. The van der Waals surface area contributed by atoms with Crippen LogP contribution in [0.4, 0.5) is 4.39 Å². The molecule has 0 aromatic carbocycles.